The van der Waals surface area contributed by atoms with Crippen LogP contribution in [0.15, 0.2) is 12.1 Å². The number of fused-ring (bicyclic) bond motifs is 1. The number of nitrogen functional groups attached to an aromatic ring is 1. The monoisotopic (exact) mass is 313 g/mol. The molecule has 0 spiro atoms. The van der Waals surface area contributed by atoms with Crippen LogP contribution in [0, 0.1) is 11.6 Å². The highest BCUT2D eigenvalue weighted by Crippen LogP contribution is 2.40. The summed E-state index contributed by atoms with van der Waals surface area (Å²) in [6.45, 7) is 9.84. The Balaban J connectivity index is 0.00000102. The normalized spacial score (nSPS) is 9.45. The number of anilines is 1. The third kappa shape index (κ3) is 3.59. The van der Waals surface area contributed by atoms with Crippen molar-refractivity contribution in [1.29, 1.82) is 0 Å². The highest BCUT2D eigenvalue weighted by molar-refractivity contribution is 5.95. The quantitative estimate of drug-likeness (QED) is 0.765. The Kier molecular flexibility index (Phi) is 8.23. The van der Waals surface area contributed by atoms with E-state index >= 15 is 0 Å². The first-order valence-electron chi connectivity index (χ1n) is 7.47. The summed E-state index contributed by atoms with van der Waals surface area (Å²) >= 11 is 0. The summed E-state index contributed by atoms with van der Waals surface area (Å²) in [7, 11) is 1.27. The van der Waals surface area contributed by atoms with Crippen LogP contribution in [0.2, 0.25) is 0 Å². The number of methoxy groups -OCH3 is 1. The lowest BCUT2D eigenvalue weighted by Crippen LogP contribution is -1.99. The van der Waals surface area contributed by atoms with Gasteiger partial charge in [-0.05, 0) is 24.1 Å². The molecule has 0 atom stereocenters. The van der Waals surface area contributed by atoms with Gasteiger partial charge in [0.1, 0.15) is 0 Å². The molecule has 0 saturated carbocycles. The van der Waals surface area contributed by atoms with E-state index in [1.165, 1.54) is 13.2 Å². The van der Waals surface area contributed by atoms with E-state index in [0.717, 1.165) is 0 Å². The second kappa shape index (κ2) is 9.07. The average molecular weight is 313 g/mol. The Bertz CT molecular complexity index is 628. The summed E-state index contributed by atoms with van der Waals surface area (Å²) in [6, 6.07) is 2.99. The largest absolute Gasteiger partial charge is 0.503 e. The van der Waals surface area contributed by atoms with Crippen LogP contribution in [-0.4, -0.2) is 12.2 Å². The number of benzene rings is 2. The molecule has 2 rings (SSSR count). The molecule has 5 heteroatoms. The average Bonchev–Trinajstić information content (AvgIpc) is 2.57. The number of rotatable bonds is 2. The van der Waals surface area contributed by atoms with Gasteiger partial charge in [0, 0.05) is 16.5 Å². The molecule has 0 bridgehead atoms. The molecular weight excluding hydrogens is 288 g/mol. The van der Waals surface area contributed by atoms with Crippen molar-refractivity contribution in [2.75, 3.05) is 12.8 Å². The summed E-state index contributed by atoms with van der Waals surface area (Å²) < 4.78 is 32.6. The number of aromatic hydroxyl groups is 1. The Labute approximate surface area is 130 Å². The molecule has 3 N–H and O–H groups in total. The first kappa shape index (κ1) is 20.0. The zero-order valence-corrected chi connectivity index (χ0v) is 14.1. The van der Waals surface area contributed by atoms with E-state index in [0.29, 0.717) is 23.1 Å². The maximum atomic E-state index is 13.9. The van der Waals surface area contributed by atoms with Gasteiger partial charge in [-0.25, -0.2) is 4.39 Å². The molecule has 0 aliphatic heterocycles. The molecule has 22 heavy (non-hydrogen) atoms. The standard InChI is InChI=1S/C13H13F2NO2.2C2H6/c1-3-6-4-7(16)5-8-9(6)13(18-2)11(15)12(17)10(8)14;2*1-2/h4-5,17H,3,16H2,1-2H3;2*1-2H3. The molecular formula is C17H25F2NO2. The van der Waals surface area contributed by atoms with E-state index in [1.807, 2.05) is 34.6 Å². The van der Waals surface area contributed by atoms with Crippen molar-refractivity contribution in [3.8, 4) is 11.5 Å². The molecule has 0 heterocycles. The summed E-state index contributed by atoms with van der Waals surface area (Å²) in [5, 5.41) is 9.77. The zero-order valence-electron chi connectivity index (χ0n) is 14.1. The number of phenolic OH excluding ortho intramolecular Hbond substituents is 1. The second-order valence-corrected chi connectivity index (χ2v) is 3.97. The minimum Gasteiger partial charge on any atom is -0.503 e. The van der Waals surface area contributed by atoms with Gasteiger partial charge in [-0.15, -0.1) is 0 Å². The van der Waals surface area contributed by atoms with Crippen molar-refractivity contribution in [3.05, 3.63) is 29.3 Å². The van der Waals surface area contributed by atoms with E-state index in [9.17, 15) is 13.9 Å². The fourth-order valence-electron chi connectivity index (χ4n) is 2.08. The number of halogens is 2. The molecule has 3 nitrogen and oxygen atoms in total. The van der Waals surface area contributed by atoms with Crippen molar-refractivity contribution >= 4 is 16.5 Å². The van der Waals surface area contributed by atoms with Crippen LogP contribution in [0.5, 0.6) is 11.5 Å². The maximum Gasteiger partial charge on any atom is 0.210 e. The van der Waals surface area contributed by atoms with Gasteiger partial charge in [0.25, 0.3) is 0 Å². The minimum atomic E-state index is -1.10. The fraction of sp³-hybridized carbons (Fsp3) is 0.412. The molecule has 0 aliphatic carbocycles. The van der Waals surface area contributed by atoms with Crippen LogP contribution in [0.4, 0.5) is 14.5 Å². The number of ether oxygens (including phenoxy) is 1. The van der Waals surface area contributed by atoms with Crippen molar-refractivity contribution < 1.29 is 18.6 Å². The Morgan fingerprint density at radius 3 is 2.09 bits per heavy atom. The predicted octanol–water partition coefficient (Wildman–Crippen LogP) is 5.03. The smallest absolute Gasteiger partial charge is 0.210 e. The van der Waals surface area contributed by atoms with Crippen LogP contribution in [0.1, 0.15) is 40.2 Å². The maximum absolute atomic E-state index is 13.9. The predicted molar refractivity (Wildman–Crippen MR) is 88.6 cm³/mol. The molecule has 0 radical (unpaired) electrons. The molecule has 0 unspecified atom stereocenters. The second-order valence-electron chi connectivity index (χ2n) is 3.97. The van der Waals surface area contributed by atoms with Crippen LogP contribution < -0.4 is 10.5 Å². The van der Waals surface area contributed by atoms with Gasteiger partial charge < -0.3 is 15.6 Å². The Morgan fingerprint density at radius 2 is 1.64 bits per heavy atom. The molecule has 2 aromatic carbocycles. The SMILES string of the molecule is CC.CC.CCc1cc(N)cc2c(F)c(O)c(F)c(OC)c12. The van der Waals surface area contributed by atoms with Gasteiger partial charge in [0.15, 0.2) is 17.3 Å². The highest BCUT2D eigenvalue weighted by Gasteiger charge is 2.22. The minimum absolute atomic E-state index is 0.0580. The lowest BCUT2D eigenvalue weighted by molar-refractivity contribution is 0.356. The van der Waals surface area contributed by atoms with Crippen molar-refractivity contribution in [1.82, 2.24) is 0 Å². The highest BCUT2D eigenvalue weighted by atomic mass is 19.1. The van der Waals surface area contributed by atoms with Gasteiger partial charge in [-0.3, -0.25) is 0 Å². The summed E-state index contributed by atoms with van der Waals surface area (Å²) in [5.74, 6) is -3.33. The van der Waals surface area contributed by atoms with Crippen LogP contribution in [0.3, 0.4) is 0 Å². The lowest BCUT2D eigenvalue weighted by Gasteiger charge is -2.14. The van der Waals surface area contributed by atoms with E-state index in [1.54, 1.807) is 6.07 Å². The first-order valence-corrected chi connectivity index (χ1v) is 7.47. The summed E-state index contributed by atoms with van der Waals surface area (Å²) in [4.78, 5) is 0. The third-order valence-corrected chi connectivity index (χ3v) is 2.91. The van der Waals surface area contributed by atoms with Crippen molar-refractivity contribution in [2.45, 2.75) is 41.0 Å². The summed E-state index contributed by atoms with van der Waals surface area (Å²) in [6.07, 6.45) is 0.543. The molecule has 2 aromatic rings. The van der Waals surface area contributed by atoms with Crippen LogP contribution in [0.25, 0.3) is 10.8 Å². The third-order valence-electron chi connectivity index (χ3n) is 2.91. The van der Waals surface area contributed by atoms with Gasteiger partial charge in [0.05, 0.1) is 7.11 Å². The molecule has 0 aromatic heterocycles. The summed E-state index contributed by atoms with van der Waals surface area (Å²) in [5.41, 5.74) is 6.69. The molecule has 0 aliphatic rings. The first-order chi connectivity index (χ1) is 10.5. The molecule has 124 valence electrons. The number of aryl methyl sites for hydroxylation is 1. The van der Waals surface area contributed by atoms with Gasteiger partial charge in [-0.1, -0.05) is 34.6 Å². The number of hydrogen-bond donors (Lipinski definition) is 2. The number of phenols is 1. The van der Waals surface area contributed by atoms with E-state index in [2.05, 4.69) is 0 Å². The lowest BCUT2D eigenvalue weighted by atomic mass is 9.99. The van der Waals surface area contributed by atoms with Crippen LogP contribution >= 0.6 is 0 Å². The number of hydrogen-bond acceptors (Lipinski definition) is 3. The fourth-order valence-corrected chi connectivity index (χ4v) is 2.08. The van der Waals surface area contributed by atoms with Crippen molar-refractivity contribution in [2.24, 2.45) is 0 Å². The van der Waals surface area contributed by atoms with Crippen LogP contribution in [-0.2, 0) is 6.42 Å². The molecule has 0 saturated heterocycles. The van der Waals surface area contributed by atoms with Gasteiger partial charge in [-0.2, -0.15) is 4.39 Å². The van der Waals surface area contributed by atoms with Gasteiger partial charge in [0.2, 0.25) is 5.82 Å². The van der Waals surface area contributed by atoms with E-state index in [4.69, 9.17) is 10.5 Å². The van der Waals surface area contributed by atoms with E-state index < -0.39 is 17.4 Å². The van der Waals surface area contributed by atoms with Crippen molar-refractivity contribution in [3.63, 3.8) is 0 Å². The Morgan fingerprint density at radius 1 is 1.09 bits per heavy atom. The molecule has 0 fully saturated rings. The zero-order chi connectivity index (χ0) is 17.4. The topological polar surface area (TPSA) is 55.5 Å². The van der Waals surface area contributed by atoms with E-state index in [-0.39, 0.29) is 11.1 Å². The Hall–Kier alpha value is -2.04. The number of nitrogens with two attached hydrogens (primary N) is 1. The van der Waals surface area contributed by atoms with Gasteiger partial charge >= 0.3 is 0 Å². The molecule has 0 amide bonds.